The maximum Gasteiger partial charge on any atom is 0.154 e. The fraction of sp³-hybridized carbons (Fsp3) is 0.909. The van der Waals surface area contributed by atoms with Crippen LogP contribution >= 0.6 is 0 Å². The highest BCUT2D eigenvalue weighted by Crippen LogP contribution is 2.41. The second kappa shape index (κ2) is 2.81. The molecule has 2 saturated heterocycles. The highest BCUT2D eigenvalue weighted by molar-refractivity contribution is 5.89. The van der Waals surface area contributed by atoms with E-state index in [1.807, 2.05) is 0 Å². The summed E-state index contributed by atoms with van der Waals surface area (Å²) in [6, 6.07) is 0.988. The van der Waals surface area contributed by atoms with E-state index in [4.69, 9.17) is 0 Å². The van der Waals surface area contributed by atoms with Gasteiger partial charge in [-0.05, 0) is 32.2 Å². The highest BCUT2D eigenvalue weighted by atomic mass is 16.1. The van der Waals surface area contributed by atoms with E-state index in [1.165, 1.54) is 38.6 Å². The van der Waals surface area contributed by atoms with Gasteiger partial charge < -0.3 is 0 Å². The lowest BCUT2D eigenvalue weighted by atomic mass is 9.83. The average molecular weight is 179 g/mol. The monoisotopic (exact) mass is 179 g/mol. The molecule has 2 aliphatic heterocycles. The van der Waals surface area contributed by atoms with Crippen molar-refractivity contribution in [2.45, 2.75) is 50.6 Å². The molecule has 1 aliphatic carbocycles. The van der Waals surface area contributed by atoms with Gasteiger partial charge in [0, 0.05) is 12.0 Å². The van der Waals surface area contributed by atoms with Crippen LogP contribution in [0.4, 0.5) is 0 Å². The van der Waals surface area contributed by atoms with E-state index in [1.54, 1.807) is 0 Å². The molecule has 3 aliphatic rings. The van der Waals surface area contributed by atoms with Gasteiger partial charge in [-0.15, -0.1) is 0 Å². The first-order chi connectivity index (χ1) is 6.38. The third kappa shape index (κ3) is 1.01. The van der Waals surface area contributed by atoms with Gasteiger partial charge in [-0.1, -0.05) is 12.8 Å². The number of nitrogens with zero attached hydrogens (tertiary/aromatic N) is 1. The SMILES string of the molecule is O=C1C2CCCCC2N2CCCC12. The minimum Gasteiger partial charge on any atom is -0.298 e. The lowest BCUT2D eigenvalue weighted by molar-refractivity contribution is -0.122. The van der Waals surface area contributed by atoms with Crippen molar-refractivity contribution in [3.05, 3.63) is 0 Å². The van der Waals surface area contributed by atoms with Crippen molar-refractivity contribution in [2.24, 2.45) is 5.92 Å². The van der Waals surface area contributed by atoms with Crippen molar-refractivity contribution in [1.29, 1.82) is 0 Å². The summed E-state index contributed by atoms with van der Waals surface area (Å²) in [5.41, 5.74) is 0. The Balaban J connectivity index is 1.89. The number of Topliss-reactive ketones (excluding diaryl/α,β-unsaturated/α-hetero) is 1. The molecule has 2 heteroatoms. The Kier molecular flexibility index (Phi) is 1.72. The largest absolute Gasteiger partial charge is 0.298 e. The van der Waals surface area contributed by atoms with Crippen LogP contribution in [0.15, 0.2) is 0 Å². The normalized spacial score (nSPS) is 44.9. The number of carbonyl (C=O) groups excluding carboxylic acids is 1. The van der Waals surface area contributed by atoms with E-state index < -0.39 is 0 Å². The Hall–Kier alpha value is -0.370. The molecule has 2 nitrogen and oxygen atoms in total. The predicted molar refractivity (Wildman–Crippen MR) is 50.5 cm³/mol. The van der Waals surface area contributed by atoms with E-state index in [0.29, 0.717) is 23.8 Å². The standard InChI is InChI=1S/C11H17NO/c13-11-8-4-1-2-5-9(8)12-7-3-6-10(11)12/h8-10H,1-7H2. The van der Waals surface area contributed by atoms with Crippen LogP contribution in [-0.2, 0) is 4.79 Å². The molecule has 0 aromatic heterocycles. The average Bonchev–Trinajstić information content (AvgIpc) is 2.72. The van der Waals surface area contributed by atoms with Crippen LogP contribution < -0.4 is 0 Å². The second-order valence-corrected chi connectivity index (χ2v) is 4.76. The Labute approximate surface area is 79.3 Å². The van der Waals surface area contributed by atoms with Gasteiger partial charge in [-0.3, -0.25) is 9.69 Å². The van der Waals surface area contributed by atoms with Gasteiger partial charge in [0.1, 0.15) is 0 Å². The molecule has 1 saturated carbocycles. The van der Waals surface area contributed by atoms with Crippen molar-refractivity contribution in [1.82, 2.24) is 4.90 Å². The van der Waals surface area contributed by atoms with E-state index >= 15 is 0 Å². The summed E-state index contributed by atoms with van der Waals surface area (Å²) in [4.78, 5) is 14.5. The Morgan fingerprint density at radius 3 is 2.85 bits per heavy atom. The van der Waals surface area contributed by atoms with E-state index in [0.717, 1.165) is 6.42 Å². The van der Waals surface area contributed by atoms with Crippen LogP contribution in [0.2, 0.25) is 0 Å². The van der Waals surface area contributed by atoms with Gasteiger partial charge >= 0.3 is 0 Å². The van der Waals surface area contributed by atoms with Crippen molar-refractivity contribution in [3.63, 3.8) is 0 Å². The second-order valence-electron chi connectivity index (χ2n) is 4.76. The molecule has 0 bridgehead atoms. The van der Waals surface area contributed by atoms with Crippen LogP contribution in [0.3, 0.4) is 0 Å². The molecule has 0 aromatic rings. The number of ketones is 1. The van der Waals surface area contributed by atoms with Crippen molar-refractivity contribution in [3.8, 4) is 0 Å². The minimum absolute atomic E-state index is 0.341. The number of fused-ring (bicyclic) bond motifs is 3. The summed E-state index contributed by atoms with van der Waals surface area (Å²) in [6.45, 7) is 1.19. The Morgan fingerprint density at radius 1 is 1.08 bits per heavy atom. The van der Waals surface area contributed by atoms with Crippen molar-refractivity contribution >= 4 is 5.78 Å². The summed E-state index contributed by atoms with van der Waals surface area (Å²) in [5, 5.41) is 0. The quantitative estimate of drug-likeness (QED) is 0.563. The van der Waals surface area contributed by atoms with Gasteiger partial charge in [0.25, 0.3) is 0 Å². The Morgan fingerprint density at radius 2 is 1.92 bits per heavy atom. The maximum absolute atomic E-state index is 12.0. The maximum atomic E-state index is 12.0. The summed E-state index contributed by atoms with van der Waals surface area (Å²) in [5.74, 6) is 1.02. The fourth-order valence-electron chi connectivity index (χ4n) is 3.58. The van der Waals surface area contributed by atoms with Crippen LogP contribution in [-0.4, -0.2) is 29.3 Å². The molecule has 0 amide bonds. The number of hydrogen-bond acceptors (Lipinski definition) is 2. The smallest absolute Gasteiger partial charge is 0.154 e. The molecule has 0 aromatic carbocycles. The molecule has 13 heavy (non-hydrogen) atoms. The van der Waals surface area contributed by atoms with Crippen LogP contribution in [0.1, 0.15) is 38.5 Å². The van der Waals surface area contributed by atoms with Gasteiger partial charge in [0.15, 0.2) is 5.78 Å². The minimum atomic E-state index is 0.341. The number of hydrogen-bond donors (Lipinski definition) is 0. The molecule has 3 rings (SSSR count). The van der Waals surface area contributed by atoms with Crippen molar-refractivity contribution in [2.75, 3.05) is 6.54 Å². The molecule has 2 heterocycles. The lowest BCUT2D eigenvalue weighted by Gasteiger charge is -2.29. The third-order valence-electron chi connectivity index (χ3n) is 4.14. The zero-order valence-corrected chi connectivity index (χ0v) is 8.04. The molecular weight excluding hydrogens is 162 g/mol. The lowest BCUT2D eigenvalue weighted by Crippen LogP contribution is -2.35. The molecule has 3 unspecified atom stereocenters. The zero-order chi connectivity index (χ0) is 8.84. The molecule has 3 atom stereocenters. The van der Waals surface area contributed by atoms with E-state index in [-0.39, 0.29) is 0 Å². The summed E-state index contributed by atoms with van der Waals surface area (Å²) >= 11 is 0. The molecule has 3 fully saturated rings. The van der Waals surface area contributed by atoms with Gasteiger partial charge in [-0.2, -0.15) is 0 Å². The van der Waals surface area contributed by atoms with E-state index in [9.17, 15) is 4.79 Å². The highest BCUT2D eigenvalue weighted by Gasteiger charge is 2.49. The van der Waals surface area contributed by atoms with Crippen LogP contribution in [0.25, 0.3) is 0 Å². The zero-order valence-electron chi connectivity index (χ0n) is 8.04. The van der Waals surface area contributed by atoms with Gasteiger partial charge in [0.05, 0.1) is 6.04 Å². The van der Waals surface area contributed by atoms with Crippen molar-refractivity contribution < 1.29 is 4.79 Å². The Bertz CT molecular complexity index is 238. The van der Waals surface area contributed by atoms with Crippen LogP contribution in [0.5, 0.6) is 0 Å². The third-order valence-corrected chi connectivity index (χ3v) is 4.14. The molecular formula is C11H17NO. The molecule has 72 valence electrons. The topological polar surface area (TPSA) is 20.3 Å². The summed E-state index contributed by atoms with van der Waals surface area (Å²) in [6.07, 6.45) is 7.49. The summed E-state index contributed by atoms with van der Waals surface area (Å²) in [7, 11) is 0. The predicted octanol–water partition coefficient (Wildman–Crippen LogP) is 1.59. The number of rotatable bonds is 0. The first kappa shape index (κ1) is 7.98. The molecule has 0 spiro atoms. The fourth-order valence-corrected chi connectivity index (χ4v) is 3.58. The van der Waals surface area contributed by atoms with Crippen LogP contribution in [0, 0.1) is 5.92 Å². The molecule has 0 N–H and O–H groups in total. The molecule has 0 radical (unpaired) electrons. The number of carbonyl (C=O) groups is 1. The van der Waals surface area contributed by atoms with Gasteiger partial charge in [-0.25, -0.2) is 0 Å². The van der Waals surface area contributed by atoms with Gasteiger partial charge in [0.2, 0.25) is 0 Å². The summed E-state index contributed by atoms with van der Waals surface area (Å²) < 4.78 is 0. The van der Waals surface area contributed by atoms with E-state index in [2.05, 4.69) is 4.90 Å². The first-order valence-electron chi connectivity index (χ1n) is 5.67. The first-order valence-corrected chi connectivity index (χ1v) is 5.67.